The summed E-state index contributed by atoms with van der Waals surface area (Å²) in [6, 6.07) is 42.6. The number of aromatic amines is 4. The zero-order valence-corrected chi connectivity index (χ0v) is 77.3. The number of nitrogens with two attached hydrogens (primary N) is 1. The highest BCUT2D eigenvalue weighted by molar-refractivity contribution is 5.87. The predicted octanol–water partition coefficient (Wildman–Crippen LogP) is 20.3. The summed E-state index contributed by atoms with van der Waals surface area (Å²) in [5.41, 5.74) is 19.1. The van der Waals surface area contributed by atoms with Crippen molar-refractivity contribution in [3.63, 3.8) is 0 Å². The molecular formula is C100H105F8N25O4. The molecule has 16 aromatic rings. The minimum absolute atomic E-state index is 0.0715. The van der Waals surface area contributed by atoms with Crippen molar-refractivity contribution in [1.82, 2.24) is 79.8 Å². The molecule has 0 atom stereocenters. The Morgan fingerprint density at radius 1 is 0.314 bits per heavy atom. The lowest BCUT2D eigenvalue weighted by molar-refractivity contribution is 0.271. The first-order valence-corrected chi connectivity index (χ1v) is 45.2. The summed E-state index contributed by atoms with van der Waals surface area (Å²) in [4.78, 5) is 61.4. The van der Waals surface area contributed by atoms with Gasteiger partial charge in [-0.15, -0.1) is 0 Å². The van der Waals surface area contributed by atoms with Crippen LogP contribution < -0.4 is 70.9 Å². The van der Waals surface area contributed by atoms with Crippen LogP contribution in [0.2, 0.25) is 0 Å². The van der Waals surface area contributed by atoms with Gasteiger partial charge in [-0.1, -0.05) is 13.8 Å². The van der Waals surface area contributed by atoms with Crippen LogP contribution in [-0.4, -0.2) is 199 Å². The third-order valence-electron chi connectivity index (χ3n) is 24.6. The average Bonchev–Trinajstić information content (AvgIpc) is 1.70. The summed E-state index contributed by atoms with van der Waals surface area (Å²) in [6.45, 7) is 35.0. The number of piperazine rings is 4. The van der Waals surface area contributed by atoms with Crippen LogP contribution in [0.25, 0.3) is 43.6 Å². The maximum absolute atomic E-state index is 15.0. The fourth-order valence-corrected chi connectivity index (χ4v) is 16.8. The topological polar surface area (TPSA) is 312 Å². The molecule has 37 heteroatoms. The second-order valence-electron chi connectivity index (χ2n) is 34.0. The van der Waals surface area contributed by atoms with Crippen molar-refractivity contribution < 1.29 is 54.1 Å². The van der Waals surface area contributed by atoms with Crippen molar-refractivity contribution >= 4 is 118 Å². The van der Waals surface area contributed by atoms with Gasteiger partial charge in [-0.3, -0.25) is 0 Å². The number of likely N-dealkylation sites (N-methyl/N-ethyl adjacent to an activating group) is 3. The molecule has 4 aliphatic rings. The number of hydrogen-bond donors (Lipinski definition) is 10. The van der Waals surface area contributed by atoms with Gasteiger partial charge < -0.3 is 106 Å². The summed E-state index contributed by atoms with van der Waals surface area (Å²) in [7, 11) is 2.14. The molecule has 4 saturated heterocycles. The number of aromatic nitrogens is 12. The zero-order valence-electron chi connectivity index (χ0n) is 77.3. The smallest absolute Gasteiger partial charge is 0.248 e. The Morgan fingerprint density at radius 2 is 0.562 bits per heavy atom. The molecule has 12 heterocycles. The number of nitrogens with zero attached hydrogens (tertiary/aromatic N) is 15. The number of aryl methyl sites for hydroxylation is 4. The molecule has 4 aliphatic heterocycles. The van der Waals surface area contributed by atoms with E-state index < -0.39 is 46.5 Å². The van der Waals surface area contributed by atoms with E-state index in [2.05, 4.69) is 178 Å². The maximum atomic E-state index is 15.0. The Hall–Kier alpha value is -15.1. The van der Waals surface area contributed by atoms with Crippen LogP contribution in [0.5, 0.6) is 46.5 Å². The molecule has 8 aromatic heterocycles. The fraction of sp³-hybridized carbons (Fsp3) is 0.280. The zero-order chi connectivity index (χ0) is 95.8. The number of halogens is 8. The van der Waals surface area contributed by atoms with E-state index in [1.54, 1.807) is 66.7 Å². The van der Waals surface area contributed by atoms with Crippen LogP contribution >= 0.6 is 0 Å². The van der Waals surface area contributed by atoms with Crippen LogP contribution in [0, 0.1) is 95.0 Å². The summed E-state index contributed by atoms with van der Waals surface area (Å²) >= 11 is 0. The Bertz CT molecular complexity index is 6770. The number of ether oxygens (including phenoxy) is 4. The summed E-state index contributed by atoms with van der Waals surface area (Å²) in [5, 5.41) is 16.8. The van der Waals surface area contributed by atoms with E-state index in [1.807, 2.05) is 60.7 Å². The molecule has 0 spiro atoms. The van der Waals surface area contributed by atoms with Gasteiger partial charge in [0.1, 0.15) is 48.5 Å². The van der Waals surface area contributed by atoms with E-state index in [-0.39, 0.29) is 95.8 Å². The van der Waals surface area contributed by atoms with Gasteiger partial charge in [-0.05, 0) is 190 Å². The lowest BCUT2D eigenvalue weighted by Crippen LogP contribution is -2.46. The van der Waals surface area contributed by atoms with Gasteiger partial charge in [0.25, 0.3) is 0 Å². The van der Waals surface area contributed by atoms with E-state index in [0.717, 1.165) is 171 Å². The van der Waals surface area contributed by atoms with Crippen LogP contribution in [0.4, 0.5) is 110 Å². The van der Waals surface area contributed by atoms with E-state index in [0.29, 0.717) is 62.7 Å². The number of fused-ring (bicyclic) bond motifs is 4. The minimum Gasteiger partial charge on any atom is -0.435 e. The number of hydrogen-bond acceptors (Lipinski definition) is 25. The second-order valence-corrected chi connectivity index (χ2v) is 34.0. The van der Waals surface area contributed by atoms with Gasteiger partial charge in [0, 0.05) is 219 Å². The van der Waals surface area contributed by atoms with Crippen molar-refractivity contribution in [3.05, 3.63) is 257 Å². The number of nitrogens with one attached hydrogen (secondary N) is 9. The summed E-state index contributed by atoms with van der Waals surface area (Å²) in [5.74, 6) is -3.79. The molecule has 0 bridgehead atoms. The van der Waals surface area contributed by atoms with Crippen LogP contribution in [-0.2, 0) is 0 Å². The monoisotopic (exact) mass is 1870 g/mol. The normalized spacial score (nSPS) is 14.4. The van der Waals surface area contributed by atoms with Crippen molar-refractivity contribution in [1.29, 1.82) is 0 Å². The molecule has 20 rings (SSSR count). The third kappa shape index (κ3) is 21.4. The largest absolute Gasteiger partial charge is 0.435 e. The summed E-state index contributed by atoms with van der Waals surface area (Å²) in [6.07, 6.45) is 5.24. The number of benzene rings is 8. The van der Waals surface area contributed by atoms with Crippen LogP contribution in [0.3, 0.4) is 0 Å². The molecule has 4 fully saturated rings. The van der Waals surface area contributed by atoms with E-state index >= 15 is 0 Å². The summed E-state index contributed by atoms with van der Waals surface area (Å²) < 4.78 is 140. The molecule has 0 saturated carbocycles. The Morgan fingerprint density at radius 3 is 0.847 bits per heavy atom. The molecule has 8 aromatic carbocycles. The molecule has 11 N–H and O–H groups in total. The Labute approximate surface area is 785 Å². The number of anilines is 13. The first kappa shape index (κ1) is 93.7. The minimum atomic E-state index is -0.700. The van der Waals surface area contributed by atoms with Crippen molar-refractivity contribution in [2.24, 2.45) is 0 Å². The molecule has 0 unspecified atom stereocenters. The molecular weight excluding hydrogens is 1770 g/mol. The van der Waals surface area contributed by atoms with Gasteiger partial charge in [0.05, 0.1) is 38.8 Å². The van der Waals surface area contributed by atoms with Gasteiger partial charge in [0.15, 0.2) is 75.4 Å². The van der Waals surface area contributed by atoms with Crippen LogP contribution in [0.15, 0.2) is 171 Å². The standard InChI is InChI=1S/C26H28F2N6O.C25H27F2N7O.C25H26F2N6O.C24H24F2N6O/c1-4-33-9-11-34(12-10-33)19-7-5-18(6-8-19)32-25-17(3)26(30-15-29-25)35-22-14-21(27)24-20(23(22)28)13-16(2)31-24;1-3-33-8-10-34(11-9-33)17-6-4-16(5-7-17)32-24-22(28)25(30-14-29-24)35-20-13-19(26)23-18(21(20)27)12-15(2)31-23;1-15-12-19-22(27)21(13-20(26)23(19)30-15)34-25-16(2)24(28-14-29-25)31-17-4-6-18(7-5-17)33-10-8-32(3)9-11-33;1-14-11-18-21(26)20(12-19(25)22(18)30-14)33-24-15(2)23(28-13-29-24)31-16-3-5-17(6-4-16)32-9-7-27-8-10-32/h5-8,13-15,31H,4,9-12H2,1-3H3,(H,29,30,32);4-7,12-14,31H,3,8-11,28H2,1-2H3,(H,29,30,32);4-7,12-14,30H,8-11H2,1-3H3,(H,28,29,31);3-6,11-13,27,30H,7-10H2,1-2H3,(H,28,29,31). The highest BCUT2D eigenvalue weighted by atomic mass is 19.2. The number of H-pyrrole nitrogens is 4. The van der Waals surface area contributed by atoms with Gasteiger partial charge in [0.2, 0.25) is 23.5 Å². The average molecular weight is 1870 g/mol. The Balaban J connectivity index is 0.000000127. The second kappa shape index (κ2) is 41.4. The lowest BCUT2D eigenvalue weighted by Gasteiger charge is -2.35. The van der Waals surface area contributed by atoms with E-state index in [4.69, 9.17) is 24.7 Å². The highest BCUT2D eigenvalue weighted by Gasteiger charge is 2.27. The number of rotatable bonds is 22. The van der Waals surface area contributed by atoms with Gasteiger partial charge in [-0.2, -0.15) is 4.98 Å². The first-order chi connectivity index (χ1) is 66.2. The van der Waals surface area contributed by atoms with E-state index in [9.17, 15) is 35.1 Å². The highest BCUT2D eigenvalue weighted by Crippen LogP contribution is 2.42. The predicted molar refractivity (Wildman–Crippen MR) is 521 cm³/mol. The Kier molecular flexibility index (Phi) is 28.3. The molecule has 0 aliphatic carbocycles. The first-order valence-electron chi connectivity index (χ1n) is 45.2. The van der Waals surface area contributed by atoms with Crippen molar-refractivity contribution in [2.45, 2.75) is 62.3 Å². The van der Waals surface area contributed by atoms with Gasteiger partial charge >= 0.3 is 0 Å². The van der Waals surface area contributed by atoms with Crippen LogP contribution in [0.1, 0.15) is 53.3 Å². The molecule has 0 amide bonds. The third-order valence-corrected chi connectivity index (χ3v) is 24.6. The molecule has 0 radical (unpaired) electrons. The molecule has 29 nitrogen and oxygen atoms in total. The number of nitrogen functional groups attached to an aromatic ring is 1. The molecule has 137 heavy (non-hydrogen) atoms. The lowest BCUT2D eigenvalue weighted by atomic mass is 10.2. The van der Waals surface area contributed by atoms with Crippen molar-refractivity contribution in [3.8, 4) is 46.5 Å². The fourth-order valence-electron chi connectivity index (χ4n) is 16.8. The SMILES string of the molecule is CCN1CCN(c2ccc(Nc3ncnc(Oc4cc(F)c5[nH]c(C)cc5c4F)c3C)cc2)CC1.CCN1CCN(c2ccc(Nc3ncnc(Oc4cc(F)c5[nH]c(C)cc5c4F)c3N)cc2)CC1.Cc1cc2c(F)c(Oc3ncnc(Nc4ccc(N5CCN(C)CC5)cc4)c3C)cc(F)c2[nH]1.Cc1cc2c(F)c(Oc3ncnc(Nc4ccc(N5CCNCC5)cc4)c3C)cc(F)c2[nH]1. The molecule has 710 valence electrons. The maximum Gasteiger partial charge on any atom is 0.248 e. The van der Waals surface area contributed by atoms with Gasteiger partial charge in [-0.25, -0.2) is 70.0 Å². The van der Waals surface area contributed by atoms with E-state index in [1.165, 1.54) is 48.4 Å². The quantitative estimate of drug-likeness (QED) is 0.0282. The van der Waals surface area contributed by atoms with Crippen molar-refractivity contribution in [2.75, 3.05) is 171 Å².